The lowest BCUT2D eigenvalue weighted by molar-refractivity contribution is -0.152. The van der Waals surface area contributed by atoms with Crippen LogP contribution in [-0.2, 0) is 19.1 Å². The summed E-state index contributed by atoms with van der Waals surface area (Å²) in [6.07, 6.45) is 33.8. The van der Waals surface area contributed by atoms with Crippen molar-refractivity contribution in [1.82, 2.24) is 0 Å². The van der Waals surface area contributed by atoms with E-state index in [2.05, 4.69) is 39.0 Å². The highest BCUT2D eigenvalue weighted by Gasteiger charge is 2.12. The molecule has 1 unspecified atom stereocenters. The molecular formula is C38H68O6. The van der Waals surface area contributed by atoms with Crippen LogP contribution in [0.2, 0.25) is 0 Å². The zero-order valence-electron chi connectivity index (χ0n) is 28.7. The van der Waals surface area contributed by atoms with Gasteiger partial charge < -0.3 is 19.7 Å². The van der Waals surface area contributed by atoms with E-state index in [4.69, 9.17) is 9.47 Å². The van der Waals surface area contributed by atoms with E-state index in [0.717, 1.165) is 38.0 Å². The lowest BCUT2D eigenvalue weighted by Crippen LogP contribution is -2.25. The number of hydrogen-bond donors (Lipinski definition) is 2. The number of rotatable bonds is 31. The van der Waals surface area contributed by atoms with Crippen LogP contribution < -0.4 is 0 Å². The quantitative estimate of drug-likeness (QED) is 0.0347. The van der Waals surface area contributed by atoms with E-state index >= 15 is 0 Å². The van der Waals surface area contributed by atoms with Gasteiger partial charge in [0.05, 0.1) is 6.10 Å². The van der Waals surface area contributed by atoms with Crippen LogP contribution in [0.15, 0.2) is 36.5 Å². The summed E-state index contributed by atoms with van der Waals surface area (Å²) < 4.78 is 10.2. The van der Waals surface area contributed by atoms with Gasteiger partial charge in [-0.3, -0.25) is 9.59 Å². The lowest BCUT2D eigenvalue weighted by atomic mass is 10.0. The van der Waals surface area contributed by atoms with Gasteiger partial charge in [-0.25, -0.2) is 0 Å². The normalized spacial score (nSPS) is 13.4. The van der Waals surface area contributed by atoms with Crippen molar-refractivity contribution in [2.24, 2.45) is 5.92 Å². The maximum absolute atomic E-state index is 11.9. The number of esters is 2. The number of unbranched alkanes of at least 4 members (excludes halogenated alkanes) is 14. The fourth-order valence-electron chi connectivity index (χ4n) is 4.87. The van der Waals surface area contributed by atoms with Gasteiger partial charge in [-0.2, -0.15) is 0 Å². The topological polar surface area (TPSA) is 93.1 Å². The highest BCUT2D eigenvalue weighted by Crippen LogP contribution is 2.14. The molecule has 0 fully saturated rings. The van der Waals surface area contributed by atoms with Crippen LogP contribution in [0, 0.1) is 5.92 Å². The summed E-state index contributed by atoms with van der Waals surface area (Å²) >= 11 is 0. The molecule has 0 rings (SSSR count). The van der Waals surface area contributed by atoms with Crippen LogP contribution in [0.25, 0.3) is 0 Å². The standard InChI is InChI=1S/C38H68O6/c1-4-5-6-7-8-9-10-11-12-15-18-21-24-28-35(39)29-26-31-38(42)44-33-36(40)32-43-37(41)30-25-22-19-16-13-14-17-20-23-27-34(2)3/h11-12,18,21,24,28,34-36,39-40H,4-10,13-17,19-20,22-23,25-27,29-33H2,1-3H3/b12-11+,21-18+,28-24+/t35?,36-/m1/s1. The van der Waals surface area contributed by atoms with E-state index < -0.39 is 18.2 Å². The van der Waals surface area contributed by atoms with Gasteiger partial charge in [0.1, 0.15) is 19.3 Å². The molecule has 0 saturated carbocycles. The van der Waals surface area contributed by atoms with Crippen molar-refractivity contribution in [1.29, 1.82) is 0 Å². The summed E-state index contributed by atoms with van der Waals surface area (Å²) in [7, 11) is 0. The van der Waals surface area contributed by atoms with Gasteiger partial charge >= 0.3 is 11.9 Å². The van der Waals surface area contributed by atoms with Gasteiger partial charge in [0.2, 0.25) is 0 Å². The fourth-order valence-corrected chi connectivity index (χ4v) is 4.87. The number of carbonyl (C=O) groups is 2. The minimum Gasteiger partial charge on any atom is -0.463 e. The molecule has 0 aromatic heterocycles. The van der Waals surface area contributed by atoms with Crippen LogP contribution in [0.3, 0.4) is 0 Å². The Bertz CT molecular complexity index is 742. The molecule has 0 aromatic carbocycles. The monoisotopic (exact) mass is 621 g/mol. The van der Waals surface area contributed by atoms with Crippen molar-refractivity contribution in [2.45, 2.75) is 174 Å². The molecule has 6 heteroatoms. The molecule has 0 saturated heterocycles. The third kappa shape index (κ3) is 33.0. The van der Waals surface area contributed by atoms with E-state index in [9.17, 15) is 19.8 Å². The van der Waals surface area contributed by atoms with Gasteiger partial charge in [-0.1, -0.05) is 147 Å². The summed E-state index contributed by atoms with van der Waals surface area (Å²) in [4.78, 5) is 23.8. The smallest absolute Gasteiger partial charge is 0.305 e. The average molecular weight is 621 g/mol. The SMILES string of the molecule is CCCCCCCC/C=C/C/C=C/C=C/C(O)CCCC(=O)OC[C@H](O)COC(=O)CCCCCCCCCCCC(C)C. The molecule has 0 aliphatic carbocycles. The van der Waals surface area contributed by atoms with Crippen molar-refractivity contribution < 1.29 is 29.3 Å². The first kappa shape index (κ1) is 42.1. The summed E-state index contributed by atoms with van der Waals surface area (Å²) in [6.45, 7) is 6.43. The number of carbonyl (C=O) groups excluding carboxylic acids is 2. The maximum Gasteiger partial charge on any atom is 0.305 e. The molecule has 0 heterocycles. The van der Waals surface area contributed by atoms with E-state index in [0.29, 0.717) is 19.3 Å². The van der Waals surface area contributed by atoms with Crippen molar-refractivity contribution in [3.8, 4) is 0 Å². The van der Waals surface area contributed by atoms with Crippen LogP contribution in [0.1, 0.15) is 162 Å². The second-order valence-electron chi connectivity index (χ2n) is 12.7. The number of hydrogen-bond acceptors (Lipinski definition) is 6. The molecule has 0 radical (unpaired) electrons. The molecule has 0 amide bonds. The Labute approximate surface area is 270 Å². The number of ether oxygens (including phenoxy) is 2. The number of aliphatic hydroxyl groups is 2. The molecule has 0 bridgehead atoms. The van der Waals surface area contributed by atoms with E-state index in [1.165, 1.54) is 83.5 Å². The largest absolute Gasteiger partial charge is 0.463 e. The first-order valence-electron chi connectivity index (χ1n) is 18.0. The predicted octanol–water partition coefficient (Wildman–Crippen LogP) is 9.72. The Morgan fingerprint density at radius 3 is 1.77 bits per heavy atom. The Hall–Kier alpha value is -1.92. The Kier molecular flexibility index (Phi) is 31.1. The highest BCUT2D eigenvalue weighted by atomic mass is 16.6. The Morgan fingerprint density at radius 2 is 1.16 bits per heavy atom. The maximum atomic E-state index is 11.9. The van der Waals surface area contributed by atoms with Crippen molar-refractivity contribution in [3.05, 3.63) is 36.5 Å². The summed E-state index contributed by atoms with van der Waals surface area (Å²) in [6, 6.07) is 0. The highest BCUT2D eigenvalue weighted by molar-refractivity contribution is 5.69. The van der Waals surface area contributed by atoms with Gasteiger partial charge in [-0.15, -0.1) is 0 Å². The van der Waals surface area contributed by atoms with Crippen LogP contribution in [-0.4, -0.2) is 47.6 Å². The minimum absolute atomic E-state index is 0.161. The molecule has 6 nitrogen and oxygen atoms in total. The predicted molar refractivity (Wildman–Crippen MR) is 183 cm³/mol. The molecule has 0 aromatic rings. The second kappa shape index (κ2) is 32.5. The van der Waals surface area contributed by atoms with Crippen molar-refractivity contribution in [3.63, 3.8) is 0 Å². The number of aliphatic hydroxyl groups excluding tert-OH is 2. The van der Waals surface area contributed by atoms with Crippen LogP contribution in [0.4, 0.5) is 0 Å². The first-order valence-corrected chi connectivity index (χ1v) is 18.0. The van der Waals surface area contributed by atoms with Gasteiger partial charge in [0, 0.05) is 12.8 Å². The minimum atomic E-state index is -1.03. The average Bonchev–Trinajstić information content (AvgIpc) is 2.99. The van der Waals surface area contributed by atoms with E-state index in [1.54, 1.807) is 6.08 Å². The third-order valence-electron chi connectivity index (χ3n) is 7.66. The fraction of sp³-hybridized carbons (Fsp3) is 0.789. The molecule has 44 heavy (non-hydrogen) atoms. The molecule has 2 atom stereocenters. The molecule has 0 spiro atoms. The zero-order chi connectivity index (χ0) is 32.5. The summed E-state index contributed by atoms with van der Waals surface area (Å²) in [5, 5.41) is 20.0. The van der Waals surface area contributed by atoms with Crippen molar-refractivity contribution in [2.75, 3.05) is 13.2 Å². The summed E-state index contributed by atoms with van der Waals surface area (Å²) in [5.41, 5.74) is 0. The number of allylic oxidation sites excluding steroid dienone is 5. The van der Waals surface area contributed by atoms with Gasteiger partial charge in [0.25, 0.3) is 0 Å². The molecule has 256 valence electrons. The van der Waals surface area contributed by atoms with Crippen LogP contribution >= 0.6 is 0 Å². The zero-order valence-corrected chi connectivity index (χ0v) is 28.7. The molecule has 2 N–H and O–H groups in total. The van der Waals surface area contributed by atoms with E-state index in [1.807, 2.05) is 12.2 Å². The summed E-state index contributed by atoms with van der Waals surface area (Å²) in [5.74, 6) is 0.0508. The van der Waals surface area contributed by atoms with E-state index in [-0.39, 0.29) is 25.6 Å². The van der Waals surface area contributed by atoms with Gasteiger partial charge in [-0.05, 0) is 44.4 Å². The molecule has 0 aliphatic heterocycles. The molecular weight excluding hydrogens is 552 g/mol. The Morgan fingerprint density at radius 1 is 0.614 bits per heavy atom. The second-order valence-corrected chi connectivity index (χ2v) is 12.7. The molecule has 0 aliphatic rings. The van der Waals surface area contributed by atoms with Crippen LogP contribution in [0.5, 0.6) is 0 Å². The van der Waals surface area contributed by atoms with Crippen molar-refractivity contribution >= 4 is 11.9 Å². The lowest BCUT2D eigenvalue weighted by Gasteiger charge is -2.12. The first-order chi connectivity index (χ1) is 21.3. The third-order valence-corrected chi connectivity index (χ3v) is 7.66. The van der Waals surface area contributed by atoms with Gasteiger partial charge in [0.15, 0.2) is 0 Å². The Balaban J connectivity index is 3.65.